The molecule has 0 aliphatic carbocycles. The molecule has 0 heterocycles. The zero-order chi connectivity index (χ0) is 12.8. The number of ether oxygens (including phenoxy) is 1. The number of alkyl halides is 2. The smallest absolute Gasteiger partial charge is 0.410 e. The molecule has 1 aromatic rings. The van der Waals surface area contributed by atoms with E-state index in [0.717, 1.165) is 0 Å². The summed E-state index contributed by atoms with van der Waals surface area (Å²) in [5, 5.41) is 4.76. The average molecular weight is 277 g/mol. The predicted octanol–water partition coefficient (Wildman–Crippen LogP) is 2.15. The largest absolute Gasteiger partial charge is 0.412 e. The third-order valence-corrected chi connectivity index (χ3v) is 2.11. The highest BCUT2D eigenvalue weighted by Gasteiger charge is 2.11. The molecule has 0 saturated heterocycles. The molecule has 0 saturated carbocycles. The van der Waals surface area contributed by atoms with Gasteiger partial charge in [-0.1, -0.05) is 29.3 Å². The Kier molecular flexibility index (Phi) is 5.06. The summed E-state index contributed by atoms with van der Waals surface area (Å²) in [5.41, 5.74) is 0.433. The van der Waals surface area contributed by atoms with Crippen molar-refractivity contribution in [1.29, 1.82) is 0 Å². The normalized spacial score (nSPS) is 9.88. The van der Waals surface area contributed by atoms with Gasteiger partial charge in [-0.3, -0.25) is 4.79 Å². The van der Waals surface area contributed by atoms with Crippen LogP contribution in [0.25, 0.3) is 0 Å². The van der Waals surface area contributed by atoms with E-state index in [0.29, 0.717) is 11.4 Å². The van der Waals surface area contributed by atoms with Gasteiger partial charge in [0.1, 0.15) is 5.75 Å². The Morgan fingerprint density at radius 3 is 2.65 bits per heavy atom. The van der Waals surface area contributed by atoms with Crippen LogP contribution in [0.4, 0.5) is 10.5 Å². The van der Waals surface area contributed by atoms with Gasteiger partial charge in [-0.15, -0.1) is 0 Å². The van der Waals surface area contributed by atoms with Crippen molar-refractivity contribution in [3.63, 3.8) is 0 Å². The molecule has 92 valence electrons. The van der Waals surface area contributed by atoms with Crippen molar-refractivity contribution in [3.8, 4) is 5.75 Å². The fourth-order valence-electron chi connectivity index (χ4n) is 0.992. The number of halogens is 2. The molecule has 0 aromatic heterocycles. The van der Waals surface area contributed by atoms with Crippen LogP contribution in [0.5, 0.6) is 5.75 Å². The Morgan fingerprint density at radius 1 is 1.35 bits per heavy atom. The fraction of sp³-hybridized carbons (Fsp3) is 0.200. The maximum atomic E-state index is 11.2. The molecule has 2 amide bonds. The lowest BCUT2D eigenvalue weighted by Crippen LogP contribution is -2.22. The van der Waals surface area contributed by atoms with Crippen LogP contribution in [0.1, 0.15) is 0 Å². The Morgan fingerprint density at radius 2 is 2.06 bits per heavy atom. The lowest BCUT2D eigenvalue weighted by atomic mass is 10.3. The lowest BCUT2D eigenvalue weighted by Gasteiger charge is -2.07. The second-order valence-corrected chi connectivity index (χ2v) is 4.05. The summed E-state index contributed by atoms with van der Waals surface area (Å²) in [6.07, 6.45) is -0.596. The Bertz CT molecular complexity index is 424. The molecular weight excluding hydrogens is 267 g/mol. The number of hydrogen-bond acceptors (Lipinski definition) is 3. The molecule has 0 radical (unpaired) electrons. The van der Waals surface area contributed by atoms with Crippen LogP contribution < -0.4 is 15.4 Å². The standard InChI is InChI=1S/C10H10Cl2N2O3/c1-13-10(16)17-7-4-2-3-6(5-7)14-9(15)8(11)12/h2-5,8H,1H3,(H,13,16)(H,14,15). The zero-order valence-corrected chi connectivity index (χ0v) is 10.4. The number of nitrogens with one attached hydrogen (secondary N) is 2. The van der Waals surface area contributed by atoms with Gasteiger partial charge in [-0.25, -0.2) is 4.79 Å². The molecule has 7 heteroatoms. The summed E-state index contributed by atoms with van der Waals surface area (Å²) in [6, 6.07) is 6.28. The molecule has 1 aromatic carbocycles. The number of anilines is 1. The molecule has 0 fully saturated rings. The minimum atomic E-state index is -1.15. The van der Waals surface area contributed by atoms with Crippen molar-refractivity contribution in [2.75, 3.05) is 12.4 Å². The number of rotatable bonds is 3. The molecule has 0 unspecified atom stereocenters. The van der Waals surface area contributed by atoms with Crippen LogP contribution in [-0.4, -0.2) is 23.9 Å². The van der Waals surface area contributed by atoms with E-state index in [1.165, 1.54) is 13.1 Å². The Labute approximate surface area is 108 Å². The minimum Gasteiger partial charge on any atom is -0.410 e. The topological polar surface area (TPSA) is 67.4 Å². The van der Waals surface area contributed by atoms with Gasteiger partial charge in [0, 0.05) is 18.8 Å². The monoisotopic (exact) mass is 276 g/mol. The highest BCUT2D eigenvalue weighted by atomic mass is 35.5. The first-order valence-electron chi connectivity index (χ1n) is 4.61. The van der Waals surface area contributed by atoms with Gasteiger partial charge < -0.3 is 15.4 Å². The quantitative estimate of drug-likeness (QED) is 0.832. The molecule has 17 heavy (non-hydrogen) atoms. The van der Waals surface area contributed by atoms with Crippen molar-refractivity contribution in [1.82, 2.24) is 5.32 Å². The first kappa shape index (κ1) is 13.6. The van der Waals surface area contributed by atoms with E-state index in [1.807, 2.05) is 0 Å². The lowest BCUT2D eigenvalue weighted by molar-refractivity contribution is -0.114. The third kappa shape index (κ3) is 4.50. The van der Waals surface area contributed by atoms with Gasteiger partial charge in [-0.05, 0) is 12.1 Å². The van der Waals surface area contributed by atoms with Crippen molar-refractivity contribution >= 4 is 40.9 Å². The molecule has 0 spiro atoms. The van der Waals surface area contributed by atoms with Gasteiger partial charge >= 0.3 is 6.09 Å². The molecular formula is C10H10Cl2N2O3. The number of carbonyl (C=O) groups excluding carboxylic acids is 2. The van der Waals surface area contributed by atoms with E-state index in [1.54, 1.807) is 18.2 Å². The van der Waals surface area contributed by atoms with Gasteiger partial charge in [0.2, 0.25) is 0 Å². The summed E-state index contributed by atoms with van der Waals surface area (Å²) in [5.74, 6) is -0.256. The molecule has 0 aliphatic heterocycles. The van der Waals surface area contributed by atoms with Gasteiger partial charge in [0.05, 0.1) is 0 Å². The predicted molar refractivity (Wildman–Crippen MR) is 65.6 cm³/mol. The van der Waals surface area contributed by atoms with Gasteiger partial charge in [-0.2, -0.15) is 0 Å². The van der Waals surface area contributed by atoms with Crippen molar-refractivity contribution in [2.45, 2.75) is 4.84 Å². The summed E-state index contributed by atoms with van der Waals surface area (Å²) in [7, 11) is 1.44. The summed E-state index contributed by atoms with van der Waals surface area (Å²) < 4.78 is 4.88. The summed E-state index contributed by atoms with van der Waals surface area (Å²) >= 11 is 10.8. The number of carbonyl (C=O) groups is 2. The van der Waals surface area contributed by atoms with Crippen molar-refractivity contribution < 1.29 is 14.3 Å². The minimum absolute atomic E-state index is 0.294. The highest BCUT2D eigenvalue weighted by Crippen LogP contribution is 2.18. The summed E-state index contributed by atoms with van der Waals surface area (Å²) in [6.45, 7) is 0. The second-order valence-electron chi connectivity index (χ2n) is 2.96. The highest BCUT2D eigenvalue weighted by molar-refractivity contribution is 6.54. The van der Waals surface area contributed by atoms with Crippen LogP contribution >= 0.6 is 23.2 Å². The zero-order valence-electron chi connectivity index (χ0n) is 8.87. The van der Waals surface area contributed by atoms with Crippen molar-refractivity contribution in [3.05, 3.63) is 24.3 Å². The van der Waals surface area contributed by atoms with E-state index in [2.05, 4.69) is 10.6 Å². The van der Waals surface area contributed by atoms with Gasteiger partial charge in [0.25, 0.3) is 5.91 Å². The number of benzene rings is 1. The average Bonchev–Trinajstić information content (AvgIpc) is 2.29. The van der Waals surface area contributed by atoms with Crippen molar-refractivity contribution in [2.24, 2.45) is 0 Å². The van der Waals surface area contributed by atoms with Gasteiger partial charge in [0.15, 0.2) is 4.84 Å². The van der Waals surface area contributed by atoms with E-state index < -0.39 is 16.8 Å². The number of amides is 2. The van der Waals surface area contributed by atoms with Crippen LogP contribution in [0, 0.1) is 0 Å². The Hall–Kier alpha value is -1.46. The summed E-state index contributed by atoms with van der Waals surface area (Å²) in [4.78, 5) is 21.0. The molecule has 1 rings (SSSR count). The first-order valence-corrected chi connectivity index (χ1v) is 5.49. The third-order valence-electron chi connectivity index (χ3n) is 1.71. The van der Waals surface area contributed by atoms with E-state index in [9.17, 15) is 9.59 Å². The maximum absolute atomic E-state index is 11.2. The van der Waals surface area contributed by atoms with Crippen LogP contribution in [0.3, 0.4) is 0 Å². The molecule has 0 atom stereocenters. The maximum Gasteiger partial charge on any atom is 0.412 e. The second kappa shape index (κ2) is 6.32. The van der Waals surface area contributed by atoms with E-state index in [4.69, 9.17) is 27.9 Å². The Balaban J connectivity index is 2.72. The molecule has 2 N–H and O–H groups in total. The fourth-order valence-corrected chi connectivity index (χ4v) is 1.10. The SMILES string of the molecule is CNC(=O)Oc1cccc(NC(=O)C(Cl)Cl)c1. The van der Waals surface area contributed by atoms with Crippen LogP contribution in [-0.2, 0) is 4.79 Å². The molecule has 0 aliphatic rings. The van der Waals surface area contributed by atoms with E-state index in [-0.39, 0.29) is 0 Å². The first-order chi connectivity index (χ1) is 8.02. The van der Waals surface area contributed by atoms with Crippen LogP contribution in [0.2, 0.25) is 0 Å². The molecule has 0 bridgehead atoms. The van der Waals surface area contributed by atoms with E-state index >= 15 is 0 Å². The number of hydrogen-bond donors (Lipinski definition) is 2. The molecule has 5 nitrogen and oxygen atoms in total. The van der Waals surface area contributed by atoms with Crippen LogP contribution in [0.15, 0.2) is 24.3 Å².